The van der Waals surface area contributed by atoms with Crippen LogP contribution < -0.4 is 5.73 Å². The van der Waals surface area contributed by atoms with Crippen molar-refractivity contribution in [2.45, 2.75) is 51.9 Å². The maximum absolute atomic E-state index is 6.06. The summed E-state index contributed by atoms with van der Waals surface area (Å²) in [5, 5.41) is 0. The van der Waals surface area contributed by atoms with E-state index in [1.165, 1.54) is 37.9 Å². The Labute approximate surface area is 118 Å². The lowest BCUT2D eigenvalue weighted by Crippen LogP contribution is -2.18. The van der Waals surface area contributed by atoms with Crippen LogP contribution in [0.5, 0.6) is 0 Å². The molecule has 1 fully saturated rings. The molecule has 1 saturated carbocycles. The third-order valence-electron chi connectivity index (χ3n) is 4.66. The fraction of sp³-hybridized carbons (Fsp3) is 0.765. The molecule has 0 aromatic heterocycles. The van der Waals surface area contributed by atoms with Crippen molar-refractivity contribution in [2.24, 2.45) is 23.5 Å². The van der Waals surface area contributed by atoms with E-state index in [4.69, 9.17) is 10.5 Å². The van der Waals surface area contributed by atoms with Gasteiger partial charge < -0.3 is 10.5 Å². The largest absolute Gasteiger partial charge is 0.498 e. The molecule has 2 atom stereocenters. The lowest BCUT2D eigenvalue weighted by molar-refractivity contribution is 0.128. The van der Waals surface area contributed by atoms with E-state index in [0.717, 1.165) is 31.9 Å². The molecule has 2 nitrogen and oxygen atoms in total. The maximum atomic E-state index is 6.06. The van der Waals surface area contributed by atoms with E-state index in [1.54, 1.807) is 0 Å². The summed E-state index contributed by atoms with van der Waals surface area (Å²) < 4.78 is 6.06. The first-order valence-corrected chi connectivity index (χ1v) is 8.00. The molecule has 0 amide bonds. The van der Waals surface area contributed by atoms with Crippen molar-refractivity contribution in [3.05, 3.63) is 24.0 Å². The normalized spacial score (nSPS) is 26.0. The summed E-state index contributed by atoms with van der Waals surface area (Å²) in [5.41, 5.74) is 5.66. The average molecular weight is 263 g/mol. The van der Waals surface area contributed by atoms with E-state index in [2.05, 4.69) is 25.2 Å². The van der Waals surface area contributed by atoms with E-state index in [-0.39, 0.29) is 0 Å². The molecule has 0 aromatic carbocycles. The van der Waals surface area contributed by atoms with Gasteiger partial charge >= 0.3 is 0 Å². The molecule has 0 aromatic rings. The number of nitrogens with two attached hydrogens (primary N) is 1. The van der Waals surface area contributed by atoms with E-state index in [1.807, 2.05) is 0 Å². The molecule has 2 N–H and O–H groups in total. The monoisotopic (exact) mass is 263 g/mol. The number of rotatable bonds is 6. The van der Waals surface area contributed by atoms with Crippen LogP contribution in [-0.4, -0.2) is 13.2 Å². The number of allylic oxidation sites excluding steroid dienone is 4. The Kier molecular flexibility index (Phi) is 5.96. The number of hydrogen-bond acceptors (Lipinski definition) is 2. The minimum absolute atomic E-state index is 0.606. The highest BCUT2D eigenvalue weighted by Gasteiger charge is 2.20. The van der Waals surface area contributed by atoms with Gasteiger partial charge in [0.25, 0.3) is 0 Å². The molecule has 2 aliphatic carbocycles. The Bertz CT molecular complexity index is 315. The summed E-state index contributed by atoms with van der Waals surface area (Å²) in [6, 6.07) is 0. The van der Waals surface area contributed by atoms with Gasteiger partial charge in [-0.2, -0.15) is 0 Å². The second-order valence-corrected chi connectivity index (χ2v) is 6.26. The Balaban J connectivity index is 1.74. The molecule has 0 radical (unpaired) electrons. The third kappa shape index (κ3) is 4.68. The van der Waals surface area contributed by atoms with Crippen LogP contribution in [0.25, 0.3) is 0 Å². The molecular weight excluding hydrogens is 234 g/mol. The Morgan fingerprint density at radius 1 is 1.32 bits per heavy atom. The first kappa shape index (κ1) is 14.6. The third-order valence-corrected chi connectivity index (χ3v) is 4.66. The lowest BCUT2D eigenvalue weighted by Gasteiger charge is -2.27. The van der Waals surface area contributed by atoms with Crippen molar-refractivity contribution in [3.63, 3.8) is 0 Å². The summed E-state index contributed by atoms with van der Waals surface area (Å²) >= 11 is 0. The molecule has 19 heavy (non-hydrogen) atoms. The van der Waals surface area contributed by atoms with E-state index in [9.17, 15) is 0 Å². The van der Waals surface area contributed by atoms with Crippen LogP contribution in [0, 0.1) is 17.8 Å². The lowest BCUT2D eigenvalue weighted by atomic mass is 9.85. The standard InChI is InChI=1S/C17H29NO/c1-14(10-11-18)16-8-5-9-17(12-16)19-13-15-6-3-2-4-7-15/h5,8-9,14-16H,2-4,6-7,10-13,18H2,1H3. The van der Waals surface area contributed by atoms with E-state index in [0.29, 0.717) is 11.8 Å². The Morgan fingerprint density at radius 3 is 2.84 bits per heavy atom. The van der Waals surface area contributed by atoms with Crippen LogP contribution in [-0.2, 0) is 4.74 Å². The topological polar surface area (TPSA) is 35.2 Å². The van der Waals surface area contributed by atoms with Gasteiger partial charge in [0.2, 0.25) is 0 Å². The SMILES string of the molecule is CC(CCN)C1C=CC=C(OCC2CCCCC2)C1. The van der Waals surface area contributed by atoms with Gasteiger partial charge in [-0.25, -0.2) is 0 Å². The van der Waals surface area contributed by atoms with Crippen LogP contribution >= 0.6 is 0 Å². The van der Waals surface area contributed by atoms with Crippen LogP contribution in [0.4, 0.5) is 0 Å². The number of hydrogen-bond donors (Lipinski definition) is 1. The van der Waals surface area contributed by atoms with Gasteiger partial charge in [-0.15, -0.1) is 0 Å². The summed E-state index contributed by atoms with van der Waals surface area (Å²) in [6.45, 7) is 4.01. The van der Waals surface area contributed by atoms with Gasteiger partial charge in [0, 0.05) is 6.42 Å². The molecule has 0 saturated heterocycles. The van der Waals surface area contributed by atoms with Crippen molar-refractivity contribution >= 4 is 0 Å². The molecule has 2 rings (SSSR count). The quantitative estimate of drug-likeness (QED) is 0.785. The second-order valence-electron chi connectivity index (χ2n) is 6.26. The highest BCUT2D eigenvalue weighted by Crippen LogP contribution is 2.29. The van der Waals surface area contributed by atoms with Crippen LogP contribution in [0.1, 0.15) is 51.9 Å². The highest BCUT2D eigenvalue weighted by atomic mass is 16.5. The Morgan fingerprint density at radius 2 is 2.11 bits per heavy atom. The van der Waals surface area contributed by atoms with Gasteiger partial charge in [-0.3, -0.25) is 0 Å². The van der Waals surface area contributed by atoms with Crippen molar-refractivity contribution in [1.82, 2.24) is 0 Å². The molecule has 108 valence electrons. The van der Waals surface area contributed by atoms with E-state index >= 15 is 0 Å². The van der Waals surface area contributed by atoms with Crippen LogP contribution in [0.3, 0.4) is 0 Å². The fourth-order valence-electron chi connectivity index (χ4n) is 3.23. The highest BCUT2D eigenvalue weighted by molar-refractivity contribution is 5.16. The summed E-state index contributed by atoms with van der Waals surface area (Å²) in [6.07, 6.45) is 15.7. The minimum Gasteiger partial charge on any atom is -0.498 e. The molecule has 2 unspecified atom stereocenters. The average Bonchev–Trinajstić information content (AvgIpc) is 2.47. The molecule has 0 bridgehead atoms. The number of ether oxygens (including phenoxy) is 1. The van der Waals surface area contributed by atoms with Gasteiger partial charge in [-0.05, 0) is 49.6 Å². The van der Waals surface area contributed by atoms with Gasteiger partial charge in [0.05, 0.1) is 12.4 Å². The molecular formula is C17H29NO. The maximum Gasteiger partial charge on any atom is 0.0965 e. The van der Waals surface area contributed by atoms with Crippen molar-refractivity contribution in [1.29, 1.82) is 0 Å². The predicted octanol–water partition coefficient (Wildman–Crippen LogP) is 4.03. The van der Waals surface area contributed by atoms with Crippen LogP contribution in [0.15, 0.2) is 24.0 Å². The van der Waals surface area contributed by atoms with Crippen molar-refractivity contribution < 1.29 is 4.74 Å². The first-order valence-electron chi connectivity index (χ1n) is 8.00. The fourth-order valence-corrected chi connectivity index (χ4v) is 3.23. The summed E-state index contributed by atoms with van der Waals surface area (Å²) in [5.74, 6) is 3.24. The smallest absolute Gasteiger partial charge is 0.0965 e. The molecule has 0 spiro atoms. The summed E-state index contributed by atoms with van der Waals surface area (Å²) in [4.78, 5) is 0. The zero-order valence-corrected chi connectivity index (χ0v) is 12.3. The Hall–Kier alpha value is -0.760. The molecule has 2 heteroatoms. The summed E-state index contributed by atoms with van der Waals surface area (Å²) in [7, 11) is 0. The zero-order valence-electron chi connectivity index (χ0n) is 12.3. The van der Waals surface area contributed by atoms with Gasteiger partial charge in [0.15, 0.2) is 0 Å². The minimum atomic E-state index is 0.606. The molecule has 2 aliphatic rings. The van der Waals surface area contributed by atoms with E-state index < -0.39 is 0 Å². The predicted molar refractivity (Wildman–Crippen MR) is 80.7 cm³/mol. The second kappa shape index (κ2) is 7.74. The first-order chi connectivity index (χ1) is 9.29. The van der Waals surface area contributed by atoms with Crippen LogP contribution in [0.2, 0.25) is 0 Å². The van der Waals surface area contributed by atoms with Crippen molar-refractivity contribution in [2.75, 3.05) is 13.2 Å². The van der Waals surface area contributed by atoms with Gasteiger partial charge in [-0.1, -0.05) is 38.3 Å². The van der Waals surface area contributed by atoms with Gasteiger partial charge in [0.1, 0.15) is 0 Å². The molecule has 0 aliphatic heterocycles. The van der Waals surface area contributed by atoms with Crippen molar-refractivity contribution in [3.8, 4) is 0 Å². The molecule has 0 heterocycles. The zero-order chi connectivity index (χ0) is 13.5.